The van der Waals surface area contributed by atoms with Gasteiger partial charge in [-0.1, -0.05) is 30.3 Å². The number of pyridine rings is 2. The lowest BCUT2D eigenvalue weighted by atomic mass is 10.1. The van der Waals surface area contributed by atoms with Gasteiger partial charge in [0.15, 0.2) is 0 Å². The summed E-state index contributed by atoms with van der Waals surface area (Å²) in [6.07, 6.45) is 1.62. The Bertz CT molecular complexity index is 1760. The number of amides is 1. The number of carbonyl (C=O) groups excluding carboxylic acids is 1. The van der Waals surface area contributed by atoms with Gasteiger partial charge in [0.2, 0.25) is 0 Å². The lowest BCUT2D eigenvalue weighted by Crippen LogP contribution is -2.35. The number of hydrogen-bond acceptors (Lipinski definition) is 5. The molecule has 1 amide bonds. The van der Waals surface area contributed by atoms with Crippen LogP contribution in [0.2, 0.25) is 0 Å². The highest BCUT2D eigenvalue weighted by Crippen LogP contribution is 2.15. The van der Waals surface area contributed by atoms with Crippen LogP contribution in [0.15, 0.2) is 77.7 Å². The zero-order chi connectivity index (χ0) is 26.1. The molecule has 0 unspecified atom stereocenters. The number of nitrogens with zero attached hydrogens (tertiary/aromatic N) is 3. The Morgan fingerprint density at radius 2 is 1.76 bits per heavy atom. The van der Waals surface area contributed by atoms with Gasteiger partial charge in [-0.25, -0.2) is 9.37 Å². The molecule has 5 rings (SSSR count). The summed E-state index contributed by atoms with van der Waals surface area (Å²) in [7, 11) is 1.58. The van der Waals surface area contributed by atoms with E-state index in [0.29, 0.717) is 17.0 Å². The monoisotopic (exact) mass is 497 g/mol. The van der Waals surface area contributed by atoms with Crippen LogP contribution in [0.3, 0.4) is 0 Å². The molecule has 2 aromatic carbocycles. The van der Waals surface area contributed by atoms with Crippen LogP contribution in [0, 0.1) is 18.2 Å². The molecule has 0 radical (unpaired) electrons. The lowest BCUT2D eigenvalue weighted by molar-refractivity contribution is 0.0948. The number of carbonyl (C=O) groups is 1. The van der Waals surface area contributed by atoms with Gasteiger partial charge in [0, 0.05) is 12.7 Å². The minimum absolute atomic E-state index is 0.0367. The first-order valence-corrected chi connectivity index (χ1v) is 11.6. The summed E-state index contributed by atoms with van der Waals surface area (Å²) in [5, 5.41) is 11.9. The standard InChI is InChI=1S/C28H24FN5O3/c1-17-4-3-13-33-25(17)32-26-23(28(33)36)14-22(24(30)34(26)16-19-5-9-20(29)10-6-19)27(35)31-15-18-7-11-21(37-2)12-8-18/h3-14,30H,15-16H2,1-2H3,(H,31,35). The zero-order valence-electron chi connectivity index (χ0n) is 20.3. The van der Waals surface area contributed by atoms with Gasteiger partial charge in [-0.15, -0.1) is 0 Å². The van der Waals surface area contributed by atoms with Gasteiger partial charge in [0.1, 0.15) is 28.3 Å². The van der Waals surface area contributed by atoms with Crippen LogP contribution in [0.25, 0.3) is 16.7 Å². The molecule has 5 aromatic rings. The van der Waals surface area contributed by atoms with Crippen molar-refractivity contribution in [2.75, 3.05) is 7.11 Å². The van der Waals surface area contributed by atoms with Gasteiger partial charge in [0.25, 0.3) is 11.5 Å². The molecule has 0 saturated heterocycles. The van der Waals surface area contributed by atoms with Crippen LogP contribution < -0.4 is 21.1 Å². The summed E-state index contributed by atoms with van der Waals surface area (Å²) in [6, 6.07) is 18.1. The molecular formula is C28H24FN5O3. The molecule has 186 valence electrons. The first-order valence-electron chi connectivity index (χ1n) is 11.6. The summed E-state index contributed by atoms with van der Waals surface area (Å²) >= 11 is 0. The molecule has 37 heavy (non-hydrogen) atoms. The summed E-state index contributed by atoms with van der Waals surface area (Å²) < 4.78 is 21.6. The maximum Gasteiger partial charge on any atom is 0.267 e. The van der Waals surface area contributed by atoms with E-state index in [9.17, 15) is 14.0 Å². The van der Waals surface area contributed by atoms with E-state index in [0.717, 1.165) is 11.1 Å². The molecule has 0 aliphatic rings. The van der Waals surface area contributed by atoms with E-state index in [4.69, 9.17) is 15.1 Å². The molecule has 0 atom stereocenters. The molecule has 9 heteroatoms. The summed E-state index contributed by atoms with van der Waals surface area (Å²) in [5.41, 5.74) is 2.67. The molecule has 2 N–H and O–H groups in total. The SMILES string of the molecule is COc1ccc(CNC(=O)c2cc3c(=O)n4cccc(C)c4nc3n(Cc3ccc(F)cc3)c2=N)cc1. The minimum Gasteiger partial charge on any atom is -0.497 e. The summed E-state index contributed by atoms with van der Waals surface area (Å²) in [5.74, 6) is -0.172. The Labute approximate surface area is 211 Å². The maximum absolute atomic E-state index is 13.5. The van der Waals surface area contributed by atoms with Crippen LogP contribution in [0.4, 0.5) is 4.39 Å². The third-order valence-electron chi connectivity index (χ3n) is 6.24. The number of fused-ring (bicyclic) bond motifs is 2. The third kappa shape index (κ3) is 4.58. The number of aryl methyl sites for hydroxylation is 1. The number of hydrogen-bond donors (Lipinski definition) is 2. The molecule has 0 fully saturated rings. The average molecular weight is 498 g/mol. The Morgan fingerprint density at radius 1 is 1.05 bits per heavy atom. The zero-order valence-corrected chi connectivity index (χ0v) is 20.3. The van der Waals surface area contributed by atoms with Gasteiger partial charge < -0.3 is 14.6 Å². The van der Waals surface area contributed by atoms with Crippen molar-refractivity contribution in [1.82, 2.24) is 19.3 Å². The van der Waals surface area contributed by atoms with Gasteiger partial charge in [-0.3, -0.25) is 19.4 Å². The molecule has 3 heterocycles. The van der Waals surface area contributed by atoms with Crippen molar-refractivity contribution in [3.63, 3.8) is 0 Å². The molecule has 0 saturated carbocycles. The average Bonchev–Trinajstić information content (AvgIpc) is 2.91. The van der Waals surface area contributed by atoms with Crippen LogP contribution in [-0.2, 0) is 13.1 Å². The second-order valence-electron chi connectivity index (χ2n) is 8.69. The van der Waals surface area contributed by atoms with Gasteiger partial charge >= 0.3 is 0 Å². The number of methoxy groups -OCH3 is 1. The maximum atomic E-state index is 13.5. The van der Waals surface area contributed by atoms with Crippen LogP contribution >= 0.6 is 0 Å². The number of nitrogens with one attached hydrogen (secondary N) is 2. The Balaban J connectivity index is 1.63. The predicted octanol–water partition coefficient (Wildman–Crippen LogP) is 3.56. The van der Waals surface area contributed by atoms with E-state index in [1.165, 1.54) is 27.2 Å². The third-order valence-corrected chi connectivity index (χ3v) is 6.24. The van der Waals surface area contributed by atoms with Crippen molar-refractivity contribution >= 4 is 22.6 Å². The summed E-state index contributed by atoms with van der Waals surface area (Å²) in [6.45, 7) is 2.20. The number of rotatable bonds is 6. The molecule has 0 aliphatic carbocycles. The van der Waals surface area contributed by atoms with Gasteiger partial charge in [0.05, 0.1) is 24.6 Å². The molecule has 8 nitrogen and oxygen atoms in total. The fourth-order valence-electron chi connectivity index (χ4n) is 4.22. The fraction of sp³-hybridized carbons (Fsp3) is 0.143. The second-order valence-corrected chi connectivity index (χ2v) is 8.69. The lowest BCUT2D eigenvalue weighted by Gasteiger charge is -2.15. The van der Waals surface area contributed by atoms with Crippen molar-refractivity contribution in [2.45, 2.75) is 20.0 Å². The van der Waals surface area contributed by atoms with Crippen molar-refractivity contribution in [3.8, 4) is 5.75 Å². The van der Waals surface area contributed by atoms with Crippen LogP contribution in [-0.4, -0.2) is 27.0 Å². The number of ether oxygens (including phenoxy) is 1. The fourth-order valence-corrected chi connectivity index (χ4v) is 4.22. The number of halogens is 1. The van der Waals surface area contributed by atoms with E-state index in [1.54, 1.807) is 43.6 Å². The van der Waals surface area contributed by atoms with E-state index < -0.39 is 5.91 Å². The number of aromatic nitrogens is 3. The van der Waals surface area contributed by atoms with Crippen molar-refractivity contribution in [2.24, 2.45) is 0 Å². The van der Waals surface area contributed by atoms with E-state index in [2.05, 4.69) is 5.32 Å². The van der Waals surface area contributed by atoms with E-state index >= 15 is 0 Å². The highest BCUT2D eigenvalue weighted by atomic mass is 19.1. The smallest absolute Gasteiger partial charge is 0.267 e. The predicted molar refractivity (Wildman–Crippen MR) is 137 cm³/mol. The molecular weight excluding hydrogens is 473 g/mol. The van der Waals surface area contributed by atoms with Crippen molar-refractivity contribution in [1.29, 1.82) is 5.41 Å². The van der Waals surface area contributed by atoms with Gasteiger partial charge in [-0.05, 0) is 60.0 Å². The highest BCUT2D eigenvalue weighted by Gasteiger charge is 2.18. The minimum atomic E-state index is -0.496. The van der Waals surface area contributed by atoms with Crippen LogP contribution in [0.5, 0.6) is 5.75 Å². The van der Waals surface area contributed by atoms with Crippen molar-refractivity contribution in [3.05, 3.63) is 117 Å². The molecule has 0 bridgehead atoms. The van der Waals surface area contributed by atoms with Crippen molar-refractivity contribution < 1.29 is 13.9 Å². The molecule has 0 aliphatic heterocycles. The van der Waals surface area contributed by atoms with E-state index in [-0.39, 0.29) is 46.6 Å². The van der Waals surface area contributed by atoms with Crippen LogP contribution in [0.1, 0.15) is 27.0 Å². The largest absolute Gasteiger partial charge is 0.497 e. The Morgan fingerprint density at radius 3 is 2.46 bits per heavy atom. The Kier molecular flexibility index (Phi) is 6.27. The summed E-state index contributed by atoms with van der Waals surface area (Å²) in [4.78, 5) is 31.4. The quantitative estimate of drug-likeness (QED) is 0.350. The first kappa shape index (κ1) is 23.9. The first-order chi connectivity index (χ1) is 17.9. The normalized spacial score (nSPS) is 11.1. The van der Waals surface area contributed by atoms with E-state index in [1.807, 2.05) is 25.1 Å². The highest BCUT2D eigenvalue weighted by molar-refractivity contribution is 5.96. The molecule has 3 aromatic heterocycles. The van der Waals surface area contributed by atoms with Gasteiger partial charge in [-0.2, -0.15) is 0 Å². The topological polar surface area (TPSA) is 101 Å². The Hall–Kier alpha value is -4.79. The number of benzene rings is 2. The molecule has 0 spiro atoms. The second kappa shape index (κ2) is 9.69.